The smallest absolute Gasteiger partial charge is 0.262 e. The molecule has 2 aromatic carbocycles. The summed E-state index contributed by atoms with van der Waals surface area (Å²) in [6.07, 6.45) is 1.69. The fraction of sp³-hybridized carbons (Fsp3) is 0.240. The molecule has 1 saturated heterocycles. The van der Waals surface area contributed by atoms with E-state index in [-0.39, 0.29) is 37.3 Å². The molecule has 2 heterocycles. The Labute approximate surface area is 201 Å². The molecule has 3 aromatic rings. The minimum absolute atomic E-state index is 0.122. The first-order valence-electron chi connectivity index (χ1n) is 10.8. The van der Waals surface area contributed by atoms with Gasteiger partial charge in [-0.3, -0.25) is 14.4 Å². The maximum atomic E-state index is 12.5. The molecule has 3 amide bonds. The summed E-state index contributed by atoms with van der Waals surface area (Å²) >= 11 is 6.08. The third-order valence-electron chi connectivity index (χ3n) is 5.49. The van der Waals surface area contributed by atoms with E-state index in [0.717, 1.165) is 5.56 Å². The van der Waals surface area contributed by atoms with Crippen LogP contribution in [0.5, 0.6) is 5.75 Å². The van der Waals surface area contributed by atoms with Crippen molar-refractivity contribution in [3.05, 3.63) is 77.2 Å². The summed E-state index contributed by atoms with van der Waals surface area (Å²) in [7, 11) is 0. The second-order valence-electron chi connectivity index (χ2n) is 8.00. The lowest BCUT2D eigenvalue weighted by Crippen LogP contribution is -2.32. The van der Waals surface area contributed by atoms with Crippen molar-refractivity contribution in [3.8, 4) is 5.75 Å². The van der Waals surface area contributed by atoms with Crippen LogP contribution >= 0.6 is 11.6 Å². The highest BCUT2D eigenvalue weighted by Gasteiger charge is 2.35. The standard InChI is InChI=1S/C25H24ClN3O5/c1-16-4-5-18(12-22(16)26)28-23(30)15-34-20-8-6-19(7-9-20)29-14-17(11-24(29)31)25(32)27-13-21-3-2-10-33-21/h2-10,12,17H,11,13-15H2,1H3,(H,27,32)(H,28,30)/t17-/m1/s1. The second-order valence-corrected chi connectivity index (χ2v) is 8.40. The van der Waals surface area contributed by atoms with Gasteiger partial charge in [0, 0.05) is 29.4 Å². The Hall–Kier alpha value is -3.78. The average Bonchev–Trinajstić information content (AvgIpc) is 3.49. The Morgan fingerprint density at radius 2 is 1.97 bits per heavy atom. The van der Waals surface area contributed by atoms with Gasteiger partial charge in [0.2, 0.25) is 11.8 Å². The van der Waals surface area contributed by atoms with Crippen LogP contribution in [0.4, 0.5) is 11.4 Å². The normalized spacial score (nSPS) is 15.3. The van der Waals surface area contributed by atoms with Crippen molar-refractivity contribution in [2.75, 3.05) is 23.4 Å². The van der Waals surface area contributed by atoms with Crippen LogP contribution in [0.2, 0.25) is 5.02 Å². The predicted octanol–water partition coefficient (Wildman–Crippen LogP) is 3.93. The number of rotatable bonds is 8. The highest BCUT2D eigenvalue weighted by molar-refractivity contribution is 6.31. The topological polar surface area (TPSA) is 101 Å². The number of carbonyl (C=O) groups excluding carboxylic acids is 3. The molecule has 0 saturated carbocycles. The SMILES string of the molecule is Cc1ccc(NC(=O)COc2ccc(N3C[C@H](C(=O)NCc4ccco4)CC3=O)cc2)cc1Cl. The van der Waals surface area contributed by atoms with E-state index in [4.69, 9.17) is 20.8 Å². The Balaban J connectivity index is 1.27. The van der Waals surface area contributed by atoms with E-state index in [0.29, 0.717) is 34.5 Å². The lowest BCUT2D eigenvalue weighted by atomic mass is 10.1. The molecule has 8 nitrogen and oxygen atoms in total. The Morgan fingerprint density at radius 1 is 1.18 bits per heavy atom. The zero-order valence-corrected chi connectivity index (χ0v) is 19.3. The fourth-order valence-corrected chi connectivity index (χ4v) is 3.78. The summed E-state index contributed by atoms with van der Waals surface area (Å²) in [5.74, 6) is 0.0807. The van der Waals surface area contributed by atoms with Gasteiger partial charge < -0.3 is 24.7 Å². The van der Waals surface area contributed by atoms with E-state index in [1.165, 1.54) is 0 Å². The van der Waals surface area contributed by atoms with Crippen molar-refractivity contribution in [2.24, 2.45) is 5.92 Å². The van der Waals surface area contributed by atoms with Gasteiger partial charge in [-0.15, -0.1) is 0 Å². The molecule has 9 heteroatoms. The third kappa shape index (κ3) is 5.77. The van der Waals surface area contributed by atoms with Crippen molar-refractivity contribution >= 4 is 40.7 Å². The van der Waals surface area contributed by atoms with Crippen molar-refractivity contribution < 1.29 is 23.5 Å². The number of benzene rings is 2. The number of carbonyl (C=O) groups is 3. The second kappa shape index (κ2) is 10.4. The molecule has 0 bridgehead atoms. The molecule has 1 atom stereocenters. The highest BCUT2D eigenvalue weighted by atomic mass is 35.5. The molecule has 1 aliphatic rings. The molecule has 2 N–H and O–H groups in total. The maximum Gasteiger partial charge on any atom is 0.262 e. The summed E-state index contributed by atoms with van der Waals surface area (Å²) in [6.45, 7) is 2.29. The number of hydrogen-bond acceptors (Lipinski definition) is 5. The number of halogens is 1. The number of ether oxygens (including phenoxy) is 1. The number of furan rings is 1. The molecule has 1 aliphatic heterocycles. The fourth-order valence-electron chi connectivity index (χ4n) is 3.60. The first-order valence-corrected chi connectivity index (χ1v) is 11.2. The Bertz CT molecular complexity index is 1180. The highest BCUT2D eigenvalue weighted by Crippen LogP contribution is 2.27. The zero-order chi connectivity index (χ0) is 24.1. The molecule has 176 valence electrons. The molecule has 0 spiro atoms. The van der Waals surface area contributed by atoms with Gasteiger partial charge in [-0.25, -0.2) is 0 Å². The Kier molecular flexibility index (Phi) is 7.18. The number of amides is 3. The van der Waals surface area contributed by atoms with Crippen LogP contribution in [0.3, 0.4) is 0 Å². The zero-order valence-electron chi connectivity index (χ0n) is 18.5. The number of nitrogens with one attached hydrogen (secondary N) is 2. The van der Waals surface area contributed by atoms with Gasteiger partial charge in [-0.2, -0.15) is 0 Å². The van der Waals surface area contributed by atoms with Gasteiger partial charge in [0.25, 0.3) is 5.91 Å². The monoisotopic (exact) mass is 481 g/mol. The van der Waals surface area contributed by atoms with Crippen LogP contribution < -0.4 is 20.3 Å². The first kappa shape index (κ1) is 23.4. The van der Waals surface area contributed by atoms with E-state index in [1.807, 2.05) is 13.0 Å². The van der Waals surface area contributed by atoms with Crippen LogP contribution in [0.25, 0.3) is 0 Å². The van der Waals surface area contributed by atoms with Crippen LogP contribution in [0.15, 0.2) is 65.3 Å². The summed E-state index contributed by atoms with van der Waals surface area (Å²) in [5, 5.41) is 6.11. The lowest BCUT2D eigenvalue weighted by molar-refractivity contribution is -0.126. The minimum atomic E-state index is -0.433. The van der Waals surface area contributed by atoms with E-state index < -0.39 is 5.92 Å². The molecule has 0 aliphatic carbocycles. The van der Waals surface area contributed by atoms with E-state index in [2.05, 4.69) is 10.6 Å². The summed E-state index contributed by atoms with van der Waals surface area (Å²) < 4.78 is 10.8. The maximum absolute atomic E-state index is 12.5. The summed E-state index contributed by atoms with van der Waals surface area (Å²) in [5.41, 5.74) is 2.18. The van der Waals surface area contributed by atoms with Crippen LogP contribution in [-0.4, -0.2) is 30.9 Å². The third-order valence-corrected chi connectivity index (χ3v) is 5.89. The van der Waals surface area contributed by atoms with Gasteiger partial charge in [-0.1, -0.05) is 17.7 Å². The van der Waals surface area contributed by atoms with Gasteiger partial charge in [-0.05, 0) is 61.0 Å². The van der Waals surface area contributed by atoms with Crippen LogP contribution in [-0.2, 0) is 20.9 Å². The first-order chi connectivity index (χ1) is 16.4. The van der Waals surface area contributed by atoms with E-state index in [9.17, 15) is 14.4 Å². The molecular weight excluding hydrogens is 458 g/mol. The van der Waals surface area contributed by atoms with Crippen LogP contribution in [0.1, 0.15) is 17.7 Å². The van der Waals surface area contributed by atoms with Crippen LogP contribution in [0, 0.1) is 12.8 Å². The van der Waals surface area contributed by atoms with Crippen molar-refractivity contribution in [1.82, 2.24) is 5.32 Å². The molecule has 1 aromatic heterocycles. The summed E-state index contributed by atoms with van der Waals surface area (Å²) in [6, 6.07) is 15.6. The van der Waals surface area contributed by atoms with Crippen molar-refractivity contribution in [2.45, 2.75) is 19.9 Å². The molecule has 34 heavy (non-hydrogen) atoms. The van der Waals surface area contributed by atoms with Gasteiger partial charge in [0.05, 0.1) is 18.7 Å². The van der Waals surface area contributed by atoms with E-state index >= 15 is 0 Å². The lowest BCUT2D eigenvalue weighted by Gasteiger charge is -2.17. The molecule has 0 unspecified atom stereocenters. The molecule has 0 radical (unpaired) electrons. The number of hydrogen-bond donors (Lipinski definition) is 2. The average molecular weight is 482 g/mol. The van der Waals surface area contributed by atoms with Crippen molar-refractivity contribution in [1.29, 1.82) is 0 Å². The minimum Gasteiger partial charge on any atom is -0.484 e. The number of anilines is 2. The summed E-state index contributed by atoms with van der Waals surface area (Å²) in [4.78, 5) is 38.6. The van der Waals surface area contributed by atoms with Gasteiger partial charge in [0.1, 0.15) is 11.5 Å². The van der Waals surface area contributed by atoms with Gasteiger partial charge in [0.15, 0.2) is 6.61 Å². The number of aryl methyl sites for hydroxylation is 1. The quantitative estimate of drug-likeness (QED) is 0.507. The van der Waals surface area contributed by atoms with Crippen molar-refractivity contribution in [3.63, 3.8) is 0 Å². The molecular formula is C25H24ClN3O5. The molecule has 1 fully saturated rings. The van der Waals surface area contributed by atoms with Gasteiger partial charge >= 0.3 is 0 Å². The number of nitrogens with zero attached hydrogens (tertiary/aromatic N) is 1. The van der Waals surface area contributed by atoms with E-state index in [1.54, 1.807) is 59.7 Å². The Morgan fingerprint density at radius 3 is 2.68 bits per heavy atom. The largest absolute Gasteiger partial charge is 0.484 e. The predicted molar refractivity (Wildman–Crippen MR) is 128 cm³/mol. The molecule has 4 rings (SSSR count).